The van der Waals surface area contributed by atoms with Crippen LogP contribution in [0, 0.1) is 0 Å². The van der Waals surface area contributed by atoms with Crippen LogP contribution >= 0.6 is 0 Å². The van der Waals surface area contributed by atoms with E-state index >= 15 is 0 Å². The molecular weight excluding hydrogens is 983 g/mol. The molecule has 462 valence electrons. The molecule has 0 bridgehead atoms. The van der Waals surface area contributed by atoms with Gasteiger partial charge in [-0.15, -0.1) is 0 Å². The number of unbranched alkanes of at least 4 members (excludes halogenated alkanes) is 39. The minimum absolute atomic E-state index is 0.139. The van der Waals surface area contributed by atoms with Gasteiger partial charge in [0.05, 0.1) is 25.4 Å². The molecule has 0 spiro atoms. The van der Waals surface area contributed by atoms with Crippen molar-refractivity contribution in [3.63, 3.8) is 0 Å². The summed E-state index contributed by atoms with van der Waals surface area (Å²) in [6.07, 6.45) is 74.2. The standard InChI is InChI=1S/C70H129NO8/c1-3-5-7-9-11-13-15-17-19-21-23-25-27-29-31-32-34-35-37-39-41-43-45-47-49-51-53-55-57-59-64(73)63(62-78-70-69(77)68(76)67(75)65(61-72)79-70)71-66(74)60-58-56-54-52-50-48-46-44-42-40-38-36-33-30-28-26-24-22-20-18-16-14-12-10-8-6-4-2/h6,8,12,14,18,20,24,26,30,33,63-65,67-70,72-73,75-77H,3-5,7,9-11,13,15-17,19,21-23,25,27-29,31-32,34-62H2,1-2H3,(H,71,74)/b8-6-,14-12-,20-18-,26-24-,33-30-. The van der Waals surface area contributed by atoms with E-state index < -0.39 is 49.5 Å². The summed E-state index contributed by atoms with van der Waals surface area (Å²) in [7, 11) is 0. The van der Waals surface area contributed by atoms with Gasteiger partial charge in [-0.25, -0.2) is 0 Å². The van der Waals surface area contributed by atoms with Crippen molar-refractivity contribution in [2.24, 2.45) is 0 Å². The highest BCUT2D eigenvalue weighted by molar-refractivity contribution is 5.76. The first-order chi connectivity index (χ1) is 38.8. The molecule has 1 aliphatic heterocycles. The highest BCUT2D eigenvalue weighted by atomic mass is 16.7. The number of ether oxygens (including phenoxy) is 2. The maximum Gasteiger partial charge on any atom is 0.220 e. The van der Waals surface area contributed by atoms with Crippen molar-refractivity contribution in [1.82, 2.24) is 5.32 Å². The number of nitrogens with one attached hydrogen (secondary N) is 1. The fourth-order valence-corrected chi connectivity index (χ4v) is 10.8. The summed E-state index contributed by atoms with van der Waals surface area (Å²) < 4.78 is 11.4. The predicted octanol–water partition coefficient (Wildman–Crippen LogP) is 18.2. The number of aliphatic hydroxyl groups excluding tert-OH is 5. The van der Waals surface area contributed by atoms with E-state index in [0.717, 1.165) is 70.6 Å². The van der Waals surface area contributed by atoms with E-state index in [0.29, 0.717) is 12.8 Å². The van der Waals surface area contributed by atoms with Gasteiger partial charge in [-0.3, -0.25) is 4.79 Å². The summed E-state index contributed by atoms with van der Waals surface area (Å²) in [4.78, 5) is 13.1. The molecule has 0 aliphatic carbocycles. The smallest absolute Gasteiger partial charge is 0.220 e. The second kappa shape index (κ2) is 59.1. The van der Waals surface area contributed by atoms with Crippen LogP contribution in [-0.2, 0) is 14.3 Å². The Hall–Kier alpha value is -2.11. The zero-order chi connectivity index (χ0) is 57.2. The molecule has 1 heterocycles. The Kier molecular flexibility index (Phi) is 56.0. The summed E-state index contributed by atoms with van der Waals surface area (Å²) in [5.41, 5.74) is 0. The third kappa shape index (κ3) is 48.0. The van der Waals surface area contributed by atoms with E-state index in [9.17, 15) is 30.3 Å². The quantitative estimate of drug-likeness (QED) is 0.0261. The molecule has 9 heteroatoms. The Morgan fingerprint density at radius 3 is 1.16 bits per heavy atom. The first kappa shape index (κ1) is 74.9. The first-order valence-corrected chi connectivity index (χ1v) is 34.0. The van der Waals surface area contributed by atoms with Crippen molar-refractivity contribution < 1.29 is 39.8 Å². The topological polar surface area (TPSA) is 149 Å². The second-order valence-corrected chi connectivity index (χ2v) is 23.6. The second-order valence-electron chi connectivity index (χ2n) is 23.6. The predicted molar refractivity (Wildman–Crippen MR) is 336 cm³/mol. The molecular formula is C70H129NO8. The molecule has 79 heavy (non-hydrogen) atoms. The number of hydrogen-bond donors (Lipinski definition) is 6. The Balaban J connectivity index is 2.13. The van der Waals surface area contributed by atoms with Gasteiger partial charge in [-0.1, -0.05) is 319 Å². The molecule has 6 N–H and O–H groups in total. The lowest BCUT2D eigenvalue weighted by Crippen LogP contribution is -2.60. The zero-order valence-corrected chi connectivity index (χ0v) is 51.6. The summed E-state index contributed by atoms with van der Waals surface area (Å²) in [5.74, 6) is -0.145. The van der Waals surface area contributed by atoms with Gasteiger partial charge in [0.25, 0.3) is 0 Å². The van der Waals surface area contributed by atoms with Gasteiger partial charge in [-0.05, 0) is 57.8 Å². The molecule has 9 nitrogen and oxygen atoms in total. The lowest BCUT2D eigenvalue weighted by atomic mass is 9.99. The van der Waals surface area contributed by atoms with Gasteiger partial charge in [-0.2, -0.15) is 0 Å². The molecule has 1 fully saturated rings. The first-order valence-electron chi connectivity index (χ1n) is 34.0. The van der Waals surface area contributed by atoms with E-state index in [1.807, 2.05) is 0 Å². The van der Waals surface area contributed by atoms with Crippen LogP contribution in [0.1, 0.15) is 322 Å². The molecule has 1 rings (SSSR count). The molecule has 0 aromatic heterocycles. The van der Waals surface area contributed by atoms with Gasteiger partial charge >= 0.3 is 0 Å². The lowest BCUT2D eigenvalue weighted by Gasteiger charge is -2.40. The molecule has 0 aromatic rings. The van der Waals surface area contributed by atoms with Crippen LogP contribution in [0.25, 0.3) is 0 Å². The van der Waals surface area contributed by atoms with Crippen LogP contribution in [-0.4, -0.2) is 87.5 Å². The molecule has 1 amide bonds. The Morgan fingerprint density at radius 1 is 0.443 bits per heavy atom. The molecule has 7 atom stereocenters. The minimum Gasteiger partial charge on any atom is -0.394 e. The Bertz CT molecular complexity index is 1430. The van der Waals surface area contributed by atoms with E-state index in [1.165, 1.54) is 225 Å². The number of carbonyl (C=O) groups is 1. The molecule has 0 saturated carbocycles. The van der Waals surface area contributed by atoms with Crippen LogP contribution in [0.4, 0.5) is 0 Å². The fourth-order valence-electron chi connectivity index (χ4n) is 10.8. The van der Waals surface area contributed by atoms with Crippen molar-refractivity contribution in [2.45, 2.75) is 365 Å². The summed E-state index contributed by atoms with van der Waals surface area (Å²) in [6.45, 7) is 3.76. The molecule has 0 aromatic carbocycles. The molecule has 0 radical (unpaired) electrons. The van der Waals surface area contributed by atoms with E-state index in [4.69, 9.17) is 9.47 Å². The Labute approximate surface area is 487 Å². The largest absolute Gasteiger partial charge is 0.394 e. The summed E-state index contributed by atoms with van der Waals surface area (Å²) in [5, 5.41) is 54.9. The number of hydrogen-bond acceptors (Lipinski definition) is 8. The van der Waals surface area contributed by atoms with Gasteiger partial charge in [0.1, 0.15) is 24.4 Å². The van der Waals surface area contributed by atoms with Crippen LogP contribution in [0.15, 0.2) is 60.8 Å². The third-order valence-electron chi connectivity index (χ3n) is 16.1. The number of allylic oxidation sites excluding steroid dienone is 10. The maximum absolute atomic E-state index is 13.1. The van der Waals surface area contributed by atoms with E-state index in [-0.39, 0.29) is 12.5 Å². The normalized spacial score (nSPS) is 18.9. The minimum atomic E-state index is -1.56. The number of carbonyl (C=O) groups excluding carboxylic acids is 1. The van der Waals surface area contributed by atoms with Crippen LogP contribution in [0.5, 0.6) is 0 Å². The van der Waals surface area contributed by atoms with Gasteiger partial charge in [0.2, 0.25) is 5.91 Å². The van der Waals surface area contributed by atoms with Crippen molar-refractivity contribution in [1.29, 1.82) is 0 Å². The Morgan fingerprint density at radius 2 is 0.785 bits per heavy atom. The maximum atomic E-state index is 13.1. The molecule has 7 unspecified atom stereocenters. The van der Waals surface area contributed by atoms with Gasteiger partial charge in [0, 0.05) is 6.42 Å². The van der Waals surface area contributed by atoms with Crippen molar-refractivity contribution >= 4 is 5.91 Å². The SMILES string of the molecule is CC/C=C\C/C=C\C/C=C\C/C=C\C/C=C\CCCCCCCCCCCCCC(=O)NC(COC1OC(CO)C(O)C(O)C1O)C(O)CCCCCCCCCCCCCCCCCCCCCCCCCCCCCCC. The lowest BCUT2D eigenvalue weighted by molar-refractivity contribution is -0.302. The van der Waals surface area contributed by atoms with Crippen molar-refractivity contribution in [3.8, 4) is 0 Å². The van der Waals surface area contributed by atoms with Crippen LogP contribution < -0.4 is 5.32 Å². The van der Waals surface area contributed by atoms with E-state index in [2.05, 4.69) is 79.9 Å². The summed E-state index contributed by atoms with van der Waals surface area (Å²) >= 11 is 0. The van der Waals surface area contributed by atoms with E-state index in [1.54, 1.807) is 0 Å². The third-order valence-corrected chi connectivity index (χ3v) is 16.1. The number of amides is 1. The average molecular weight is 1110 g/mol. The summed E-state index contributed by atoms with van der Waals surface area (Å²) in [6, 6.07) is -0.725. The van der Waals surface area contributed by atoms with Crippen LogP contribution in [0.3, 0.4) is 0 Å². The molecule has 1 saturated heterocycles. The van der Waals surface area contributed by atoms with Crippen molar-refractivity contribution in [3.05, 3.63) is 60.8 Å². The van der Waals surface area contributed by atoms with Gasteiger partial charge in [0.15, 0.2) is 6.29 Å². The highest BCUT2D eigenvalue weighted by Gasteiger charge is 2.44. The average Bonchev–Trinajstić information content (AvgIpc) is 3.47. The molecule has 1 aliphatic rings. The van der Waals surface area contributed by atoms with Crippen LogP contribution in [0.2, 0.25) is 0 Å². The fraction of sp³-hybridized carbons (Fsp3) is 0.843. The highest BCUT2D eigenvalue weighted by Crippen LogP contribution is 2.24. The number of rotatable bonds is 59. The number of aliphatic hydroxyl groups is 5. The monoisotopic (exact) mass is 1110 g/mol. The van der Waals surface area contributed by atoms with Gasteiger partial charge < -0.3 is 40.3 Å². The van der Waals surface area contributed by atoms with Crippen molar-refractivity contribution in [2.75, 3.05) is 13.2 Å². The zero-order valence-electron chi connectivity index (χ0n) is 51.6.